The van der Waals surface area contributed by atoms with Gasteiger partial charge in [-0.2, -0.15) is 0 Å². The highest BCUT2D eigenvalue weighted by Crippen LogP contribution is 2.58. The second-order valence-corrected chi connectivity index (χ2v) is 8.95. The van der Waals surface area contributed by atoms with Gasteiger partial charge in [-0.15, -0.1) is 0 Å². The molecular formula is C14H21N2OPS. The van der Waals surface area contributed by atoms with Crippen LogP contribution in [-0.4, -0.2) is 23.8 Å². The lowest BCUT2D eigenvalue weighted by molar-refractivity contribution is 0.215. The number of piperidine rings is 1. The van der Waals surface area contributed by atoms with Crippen LogP contribution in [0.2, 0.25) is 0 Å². The van der Waals surface area contributed by atoms with Crippen LogP contribution in [0.5, 0.6) is 0 Å². The zero-order chi connectivity index (χ0) is 13.3. The second kappa shape index (κ2) is 5.63. The Labute approximate surface area is 120 Å². The van der Waals surface area contributed by atoms with Crippen LogP contribution < -0.4 is 5.09 Å². The van der Waals surface area contributed by atoms with Crippen molar-refractivity contribution in [1.29, 1.82) is 0 Å². The smallest absolute Gasteiger partial charge is 0.201 e. The Hall–Kier alpha value is -0.250. The van der Waals surface area contributed by atoms with Crippen molar-refractivity contribution in [3.05, 3.63) is 35.9 Å². The molecule has 0 aliphatic carbocycles. The maximum atomic E-state index is 6.33. The van der Waals surface area contributed by atoms with Gasteiger partial charge in [-0.3, -0.25) is 0 Å². The molecule has 0 aromatic heterocycles. The summed E-state index contributed by atoms with van der Waals surface area (Å²) in [6, 6.07) is 10.7. The monoisotopic (exact) mass is 296 g/mol. The third-order valence-electron chi connectivity index (χ3n) is 3.91. The maximum Gasteiger partial charge on any atom is 0.201 e. The molecule has 1 aromatic carbocycles. The molecule has 2 aliphatic rings. The van der Waals surface area contributed by atoms with Gasteiger partial charge >= 0.3 is 0 Å². The summed E-state index contributed by atoms with van der Waals surface area (Å²) in [5.74, 6) is 0. The highest BCUT2D eigenvalue weighted by Gasteiger charge is 2.41. The Balaban J connectivity index is 1.79. The van der Waals surface area contributed by atoms with Gasteiger partial charge in [0, 0.05) is 19.1 Å². The van der Waals surface area contributed by atoms with Crippen molar-refractivity contribution in [2.75, 3.05) is 13.1 Å². The Morgan fingerprint density at radius 1 is 1.21 bits per heavy atom. The minimum Gasteiger partial charge on any atom is -0.317 e. The normalized spacial score (nSPS) is 36.5. The number of benzene rings is 1. The van der Waals surface area contributed by atoms with E-state index in [1.54, 1.807) is 0 Å². The van der Waals surface area contributed by atoms with Crippen LogP contribution in [0.4, 0.5) is 0 Å². The third kappa shape index (κ3) is 2.79. The molecule has 3 rings (SSSR count). The summed E-state index contributed by atoms with van der Waals surface area (Å²) in [7, 11) is 0. The van der Waals surface area contributed by atoms with Crippen LogP contribution in [0.15, 0.2) is 30.3 Å². The molecule has 0 radical (unpaired) electrons. The minimum atomic E-state index is -2.01. The quantitative estimate of drug-likeness (QED) is 0.845. The van der Waals surface area contributed by atoms with E-state index in [2.05, 4.69) is 40.9 Å². The first-order valence-electron chi connectivity index (χ1n) is 7.06. The van der Waals surface area contributed by atoms with Crippen molar-refractivity contribution in [3.63, 3.8) is 0 Å². The van der Waals surface area contributed by atoms with Gasteiger partial charge in [-0.1, -0.05) is 36.8 Å². The van der Waals surface area contributed by atoms with Crippen LogP contribution in [0.1, 0.15) is 37.9 Å². The van der Waals surface area contributed by atoms with Crippen LogP contribution in [-0.2, 0) is 16.3 Å². The summed E-state index contributed by atoms with van der Waals surface area (Å²) in [6.45, 7) is 2.33. The summed E-state index contributed by atoms with van der Waals surface area (Å²) in [4.78, 5) is 0. The summed E-state index contributed by atoms with van der Waals surface area (Å²) in [6.07, 6.45) is 3.90. The number of hydrogen-bond donors (Lipinski definition) is 1. The van der Waals surface area contributed by atoms with E-state index in [4.69, 9.17) is 16.3 Å². The van der Waals surface area contributed by atoms with Gasteiger partial charge in [-0.25, -0.2) is 9.76 Å². The van der Waals surface area contributed by atoms with E-state index < -0.39 is 6.57 Å². The molecule has 2 saturated heterocycles. The molecule has 0 unspecified atom stereocenters. The number of rotatable bonds is 2. The molecule has 1 aromatic rings. The van der Waals surface area contributed by atoms with Gasteiger partial charge in [0.15, 0.2) is 0 Å². The Kier molecular flexibility index (Phi) is 4.06. The van der Waals surface area contributed by atoms with Gasteiger partial charge < -0.3 is 4.52 Å². The lowest BCUT2D eigenvalue weighted by atomic mass is 10.0. The lowest BCUT2D eigenvalue weighted by Gasteiger charge is -2.33. The summed E-state index contributed by atoms with van der Waals surface area (Å²) < 4.78 is 8.71. The molecule has 0 bridgehead atoms. The molecule has 0 saturated carbocycles. The van der Waals surface area contributed by atoms with Gasteiger partial charge in [0.2, 0.25) is 6.57 Å². The van der Waals surface area contributed by atoms with E-state index in [0.29, 0.717) is 0 Å². The average molecular weight is 296 g/mol. The molecule has 3 atom stereocenters. The van der Waals surface area contributed by atoms with Crippen molar-refractivity contribution in [2.24, 2.45) is 0 Å². The summed E-state index contributed by atoms with van der Waals surface area (Å²) in [5, 5.41) is 3.58. The second-order valence-electron chi connectivity index (χ2n) is 5.39. The molecule has 104 valence electrons. The standard InChI is InChI=1S/C14H21N2OPS/c1-12-14(13-8-4-2-5-9-13)17-18(19,15-12)16-10-6-3-7-11-16/h2,4-5,8-9,12,14H,3,6-7,10-11H2,1H3,(H,15,19)/t12-,14+,18+/m0/s1. The zero-order valence-electron chi connectivity index (χ0n) is 11.3. The highest BCUT2D eigenvalue weighted by atomic mass is 32.5. The topological polar surface area (TPSA) is 24.5 Å². The van der Waals surface area contributed by atoms with Crippen molar-refractivity contribution < 1.29 is 4.52 Å². The van der Waals surface area contributed by atoms with Crippen molar-refractivity contribution in [2.45, 2.75) is 38.3 Å². The first-order chi connectivity index (χ1) is 9.19. The summed E-state index contributed by atoms with van der Waals surface area (Å²) in [5.41, 5.74) is 1.23. The molecule has 1 N–H and O–H groups in total. The largest absolute Gasteiger partial charge is 0.317 e. The predicted molar refractivity (Wildman–Crippen MR) is 82.6 cm³/mol. The SMILES string of the molecule is C[C@@H]1N[P@@](=S)(N2CCCCC2)O[C@H]1c1ccccc1. The molecular weight excluding hydrogens is 275 g/mol. The fraction of sp³-hybridized carbons (Fsp3) is 0.571. The third-order valence-corrected chi connectivity index (χ3v) is 7.57. The van der Waals surface area contributed by atoms with Gasteiger partial charge in [0.05, 0.1) is 0 Å². The maximum absolute atomic E-state index is 6.33. The van der Waals surface area contributed by atoms with Gasteiger partial charge in [-0.05, 0) is 37.1 Å². The number of nitrogens with zero attached hydrogens (tertiary/aromatic N) is 1. The van der Waals surface area contributed by atoms with Crippen LogP contribution >= 0.6 is 6.57 Å². The first kappa shape index (κ1) is 13.7. The summed E-state index contributed by atoms with van der Waals surface area (Å²) >= 11 is 5.84. The van der Waals surface area contributed by atoms with Crippen LogP contribution in [0, 0.1) is 0 Å². The van der Waals surface area contributed by atoms with E-state index >= 15 is 0 Å². The van der Waals surface area contributed by atoms with Crippen molar-refractivity contribution in [1.82, 2.24) is 9.76 Å². The molecule has 2 aliphatic heterocycles. The fourth-order valence-corrected chi connectivity index (χ4v) is 6.58. The van der Waals surface area contributed by atoms with Crippen molar-refractivity contribution >= 4 is 18.4 Å². The number of hydrogen-bond acceptors (Lipinski definition) is 2. The fourth-order valence-electron chi connectivity index (χ4n) is 2.88. The molecule has 3 nitrogen and oxygen atoms in total. The molecule has 2 heterocycles. The molecule has 0 spiro atoms. The molecule has 19 heavy (non-hydrogen) atoms. The van der Waals surface area contributed by atoms with E-state index in [9.17, 15) is 0 Å². The number of nitrogens with one attached hydrogen (secondary N) is 1. The van der Waals surface area contributed by atoms with Crippen LogP contribution in [0.25, 0.3) is 0 Å². The molecule has 5 heteroatoms. The van der Waals surface area contributed by atoms with E-state index in [1.807, 2.05) is 6.07 Å². The van der Waals surface area contributed by atoms with E-state index in [0.717, 1.165) is 13.1 Å². The molecule has 0 amide bonds. The highest BCUT2D eigenvalue weighted by molar-refractivity contribution is 8.10. The Morgan fingerprint density at radius 3 is 2.58 bits per heavy atom. The Bertz CT molecular complexity index is 476. The molecule has 2 fully saturated rings. The van der Waals surface area contributed by atoms with Gasteiger partial charge in [0.1, 0.15) is 6.10 Å². The van der Waals surface area contributed by atoms with E-state index in [1.165, 1.54) is 24.8 Å². The average Bonchev–Trinajstić information content (AvgIpc) is 2.77. The van der Waals surface area contributed by atoms with E-state index in [-0.39, 0.29) is 12.1 Å². The van der Waals surface area contributed by atoms with Gasteiger partial charge in [0.25, 0.3) is 0 Å². The van der Waals surface area contributed by atoms with Crippen molar-refractivity contribution in [3.8, 4) is 0 Å². The lowest BCUT2D eigenvalue weighted by Crippen LogP contribution is -2.31. The zero-order valence-corrected chi connectivity index (χ0v) is 13.0. The predicted octanol–water partition coefficient (Wildman–Crippen LogP) is 3.45. The first-order valence-corrected chi connectivity index (χ1v) is 9.73. The van der Waals surface area contributed by atoms with Crippen LogP contribution in [0.3, 0.4) is 0 Å². The minimum absolute atomic E-state index is 0.0916. The Morgan fingerprint density at radius 2 is 1.89 bits per heavy atom.